The highest BCUT2D eigenvalue weighted by molar-refractivity contribution is 6.11. The van der Waals surface area contributed by atoms with Gasteiger partial charge in [0.2, 0.25) is 5.91 Å². The first-order valence-electron chi connectivity index (χ1n) is 9.37. The van der Waals surface area contributed by atoms with Gasteiger partial charge in [0, 0.05) is 22.2 Å². The van der Waals surface area contributed by atoms with E-state index >= 15 is 0 Å². The molecule has 0 radical (unpaired) electrons. The second-order valence-electron chi connectivity index (χ2n) is 7.22. The van der Waals surface area contributed by atoms with E-state index in [0.717, 1.165) is 22.7 Å². The van der Waals surface area contributed by atoms with Crippen molar-refractivity contribution in [2.75, 3.05) is 18.9 Å². The van der Waals surface area contributed by atoms with Gasteiger partial charge in [-0.1, -0.05) is 30.3 Å². The summed E-state index contributed by atoms with van der Waals surface area (Å²) in [6.07, 6.45) is -4.58. The molecule has 158 valence electrons. The van der Waals surface area contributed by atoms with Crippen LogP contribution in [0, 0.1) is 6.92 Å². The number of Topliss-reactive ketones (excluding diaryl/α,β-unsaturated/α-hetero) is 1. The Labute approximate surface area is 171 Å². The molecule has 1 amide bonds. The summed E-state index contributed by atoms with van der Waals surface area (Å²) in [5, 5.41) is 3.09. The zero-order valence-corrected chi connectivity index (χ0v) is 16.8. The minimum absolute atomic E-state index is 0.170. The molecule has 5 nitrogen and oxygen atoms in total. The molecule has 2 aromatic carbocycles. The monoisotopic (exact) mass is 417 g/mol. The maximum atomic E-state index is 13.1. The molecule has 2 N–H and O–H groups in total. The third-order valence-electron chi connectivity index (χ3n) is 5.08. The number of fused-ring (bicyclic) bond motifs is 1. The quantitative estimate of drug-likeness (QED) is 0.575. The Hall–Kier alpha value is -3.13. The maximum Gasteiger partial charge on any atom is 0.418 e. The van der Waals surface area contributed by atoms with Gasteiger partial charge < -0.3 is 10.3 Å². The number of carbonyl (C=O) groups excluding carboxylic acids is 2. The lowest BCUT2D eigenvalue weighted by molar-refractivity contribution is -0.137. The number of amides is 1. The Morgan fingerprint density at radius 1 is 1.10 bits per heavy atom. The Bertz CT molecular complexity index is 1090. The van der Waals surface area contributed by atoms with Crippen LogP contribution in [0.5, 0.6) is 0 Å². The number of nitrogens with zero attached hydrogens (tertiary/aromatic N) is 1. The Morgan fingerprint density at radius 3 is 2.43 bits per heavy atom. The topological polar surface area (TPSA) is 65.2 Å². The molecule has 3 aromatic rings. The number of H-pyrrole nitrogens is 1. The summed E-state index contributed by atoms with van der Waals surface area (Å²) in [6, 6.07) is 11.6. The van der Waals surface area contributed by atoms with E-state index in [1.807, 2.05) is 24.3 Å². The number of benzene rings is 2. The number of aromatic amines is 1. The van der Waals surface area contributed by atoms with Crippen LogP contribution in [0.4, 0.5) is 18.9 Å². The lowest BCUT2D eigenvalue weighted by atomic mass is 10.0. The summed E-state index contributed by atoms with van der Waals surface area (Å²) in [4.78, 5) is 30.1. The van der Waals surface area contributed by atoms with Gasteiger partial charge in [0.1, 0.15) is 0 Å². The smallest absolute Gasteiger partial charge is 0.358 e. The molecule has 0 aliphatic rings. The average Bonchev–Trinajstić information content (AvgIpc) is 3.01. The van der Waals surface area contributed by atoms with Gasteiger partial charge >= 0.3 is 6.18 Å². The van der Waals surface area contributed by atoms with Crippen molar-refractivity contribution < 1.29 is 22.8 Å². The number of carbonyl (C=O) groups is 2. The van der Waals surface area contributed by atoms with Crippen molar-refractivity contribution in [3.8, 4) is 0 Å². The van der Waals surface area contributed by atoms with E-state index < -0.39 is 23.7 Å². The Kier molecular flexibility index (Phi) is 5.98. The van der Waals surface area contributed by atoms with Crippen LogP contribution in [-0.2, 0) is 11.0 Å². The summed E-state index contributed by atoms with van der Waals surface area (Å²) in [5.74, 6) is -0.805. The molecule has 8 heteroatoms. The van der Waals surface area contributed by atoms with Crippen molar-refractivity contribution in [3.63, 3.8) is 0 Å². The molecule has 0 saturated carbocycles. The van der Waals surface area contributed by atoms with Crippen LogP contribution < -0.4 is 5.32 Å². The highest BCUT2D eigenvalue weighted by Crippen LogP contribution is 2.34. The van der Waals surface area contributed by atoms with Gasteiger partial charge in [-0.25, -0.2) is 0 Å². The molecule has 0 saturated heterocycles. The number of aryl methyl sites for hydroxylation is 1. The van der Waals surface area contributed by atoms with E-state index in [1.54, 1.807) is 20.9 Å². The van der Waals surface area contributed by atoms with Crippen molar-refractivity contribution in [3.05, 3.63) is 65.4 Å². The van der Waals surface area contributed by atoms with Crippen LogP contribution in [0.1, 0.15) is 28.5 Å². The minimum atomic E-state index is -4.58. The Balaban J connectivity index is 1.73. The molecule has 1 atom stereocenters. The number of rotatable bonds is 6. The molecule has 0 aliphatic carbocycles. The number of halogens is 3. The van der Waals surface area contributed by atoms with Gasteiger partial charge in [0.05, 0.1) is 23.8 Å². The summed E-state index contributed by atoms with van der Waals surface area (Å²) in [5.41, 5.74) is 0.891. The summed E-state index contributed by atoms with van der Waals surface area (Å²) >= 11 is 0. The van der Waals surface area contributed by atoms with Gasteiger partial charge in [-0.3, -0.25) is 14.5 Å². The number of likely N-dealkylation sites (N-methyl/N-ethyl adjacent to an activating group) is 1. The van der Waals surface area contributed by atoms with Crippen LogP contribution >= 0.6 is 0 Å². The number of hydrogen-bond acceptors (Lipinski definition) is 3. The number of nitrogens with one attached hydrogen (secondary N) is 2. The molecular weight excluding hydrogens is 395 g/mol. The number of anilines is 1. The normalized spacial score (nSPS) is 12.9. The predicted octanol–water partition coefficient (Wildman–Crippen LogP) is 4.64. The van der Waals surface area contributed by atoms with E-state index in [2.05, 4.69) is 10.3 Å². The van der Waals surface area contributed by atoms with Crippen LogP contribution in [-0.4, -0.2) is 41.2 Å². The zero-order valence-electron chi connectivity index (χ0n) is 16.8. The molecule has 0 spiro atoms. The first kappa shape index (κ1) is 21.6. The fourth-order valence-corrected chi connectivity index (χ4v) is 3.40. The molecule has 0 fully saturated rings. The third-order valence-corrected chi connectivity index (χ3v) is 5.08. The van der Waals surface area contributed by atoms with Crippen LogP contribution in [0.2, 0.25) is 0 Å². The first-order valence-corrected chi connectivity index (χ1v) is 9.37. The second kappa shape index (κ2) is 8.31. The SMILES string of the molecule is Cc1[nH]c2ccccc2c1C(=O)C(C)N(C)CC(=O)Nc1ccccc1C(F)(F)F. The number of ketones is 1. The second-order valence-corrected chi connectivity index (χ2v) is 7.22. The van der Waals surface area contributed by atoms with Crippen LogP contribution in [0.3, 0.4) is 0 Å². The Morgan fingerprint density at radius 2 is 1.73 bits per heavy atom. The van der Waals surface area contributed by atoms with E-state index in [9.17, 15) is 22.8 Å². The number of para-hydroxylation sites is 2. The zero-order chi connectivity index (χ0) is 22.1. The van der Waals surface area contributed by atoms with E-state index in [0.29, 0.717) is 5.56 Å². The van der Waals surface area contributed by atoms with Crippen molar-refractivity contribution >= 4 is 28.3 Å². The van der Waals surface area contributed by atoms with Crippen molar-refractivity contribution in [2.45, 2.75) is 26.1 Å². The molecule has 3 rings (SSSR count). The molecule has 1 unspecified atom stereocenters. The number of alkyl halides is 3. The molecule has 30 heavy (non-hydrogen) atoms. The van der Waals surface area contributed by atoms with Crippen LogP contribution in [0.15, 0.2) is 48.5 Å². The third kappa shape index (κ3) is 4.38. The summed E-state index contributed by atoms with van der Waals surface area (Å²) < 4.78 is 39.3. The molecule has 0 bridgehead atoms. The minimum Gasteiger partial charge on any atom is -0.358 e. The van der Waals surface area contributed by atoms with E-state index in [-0.39, 0.29) is 18.0 Å². The van der Waals surface area contributed by atoms with Gasteiger partial charge in [-0.05, 0) is 39.1 Å². The molecular formula is C22H22F3N3O2. The average molecular weight is 417 g/mol. The molecule has 1 aromatic heterocycles. The fraction of sp³-hybridized carbons (Fsp3) is 0.273. The lowest BCUT2D eigenvalue weighted by Crippen LogP contribution is -2.41. The van der Waals surface area contributed by atoms with Gasteiger partial charge in [0.25, 0.3) is 0 Å². The summed E-state index contributed by atoms with van der Waals surface area (Å²) in [6.45, 7) is 3.24. The highest BCUT2D eigenvalue weighted by Gasteiger charge is 2.34. The van der Waals surface area contributed by atoms with Gasteiger partial charge in [-0.2, -0.15) is 13.2 Å². The standard InChI is InChI=1S/C22H22F3N3O2/c1-13-20(15-8-4-6-10-17(15)26-13)21(30)14(2)28(3)12-19(29)27-18-11-7-5-9-16(18)22(23,24)25/h4-11,14,26H,12H2,1-3H3,(H,27,29). The van der Waals surface area contributed by atoms with Crippen molar-refractivity contribution in [1.29, 1.82) is 0 Å². The van der Waals surface area contributed by atoms with E-state index in [1.165, 1.54) is 23.1 Å². The van der Waals surface area contributed by atoms with Gasteiger partial charge in [-0.15, -0.1) is 0 Å². The molecule has 0 aliphatic heterocycles. The van der Waals surface area contributed by atoms with Crippen molar-refractivity contribution in [2.24, 2.45) is 0 Å². The predicted molar refractivity (Wildman–Crippen MR) is 110 cm³/mol. The first-order chi connectivity index (χ1) is 14.1. The fourth-order valence-electron chi connectivity index (χ4n) is 3.40. The van der Waals surface area contributed by atoms with Crippen molar-refractivity contribution in [1.82, 2.24) is 9.88 Å². The van der Waals surface area contributed by atoms with Crippen LogP contribution in [0.25, 0.3) is 10.9 Å². The number of hydrogen-bond donors (Lipinski definition) is 2. The largest absolute Gasteiger partial charge is 0.418 e. The van der Waals surface area contributed by atoms with Gasteiger partial charge in [0.15, 0.2) is 5.78 Å². The lowest BCUT2D eigenvalue weighted by Gasteiger charge is -2.23. The number of aromatic nitrogens is 1. The maximum absolute atomic E-state index is 13.1. The molecule has 1 heterocycles. The van der Waals surface area contributed by atoms with E-state index in [4.69, 9.17) is 0 Å². The highest BCUT2D eigenvalue weighted by atomic mass is 19.4. The summed E-state index contributed by atoms with van der Waals surface area (Å²) in [7, 11) is 1.59.